The van der Waals surface area contributed by atoms with Gasteiger partial charge in [0.05, 0.1) is 0 Å². The van der Waals surface area contributed by atoms with E-state index in [1.807, 2.05) is 60.7 Å². The Bertz CT molecular complexity index is 1970. The molecule has 0 saturated carbocycles. The van der Waals surface area contributed by atoms with Gasteiger partial charge in [-0.05, 0) is 32.7 Å². The smallest absolute Gasteiger partial charge is 0.300 e. The van der Waals surface area contributed by atoms with Crippen LogP contribution in [0.4, 0.5) is 17.6 Å². The first kappa shape index (κ1) is 26.5. The lowest BCUT2D eigenvalue weighted by Gasteiger charge is -2.19. The first-order chi connectivity index (χ1) is 19.7. The van der Waals surface area contributed by atoms with E-state index < -0.39 is 44.0 Å². The van der Waals surface area contributed by atoms with E-state index in [4.69, 9.17) is 4.74 Å². The van der Waals surface area contributed by atoms with Crippen LogP contribution in [-0.2, 0) is 10.1 Å². The molecule has 0 spiro atoms. The Kier molecular flexibility index (Phi) is 6.48. The maximum Gasteiger partial charge on any atom is 0.300 e. The van der Waals surface area contributed by atoms with Crippen molar-refractivity contribution in [3.8, 4) is 33.8 Å². The van der Waals surface area contributed by atoms with E-state index in [0.717, 1.165) is 21.5 Å². The SMILES string of the molecule is O=S(=O)(O)c1c(F)c(F)c(Oc2c(-c3cccc4ccccc34)cccc2-c2cccc3ccccc23)c(F)c1F. The van der Waals surface area contributed by atoms with Crippen molar-refractivity contribution >= 4 is 31.7 Å². The normalized spacial score (nSPS) is 11.7. The summed E-state index contributed by atoms with van der Waals surface area (Å²) in [5, 5.41) is 3.27. The number of para-hydroxylation sites is 1. The van der Waals surface area contributed by atoms with E-state index in [-0.39, 0.29) is 5.75 Å². The highest BCUT2D eigenvalue weighted by Crippen LogP contribution is 2.46. The summed E-state index contributed by atoms with van der Waals surface area (Å²) in [5.74, 6) is -10.5. The van der Waals surface area contributed by atoms with E-state index in [2.05, 4.69) is 0 Å². The molecule has 0 unspecified atom stereocenters. The molecule has 0 saturated heterocycles. The number of hydrogen-bond acceptors (Lipinski definition) is 3. The number of fused-ring (bicyclic) bond motifs is 2. The highest BCUT2D eigenvalue weighted by atomic mass is 32.2. The third kappa shape index (κ3) is 4.49. The van der Waals surface area contributed by atoms with Gasteiger partial charge in [0.2, 0.25) is 17.4 Å². The molecule has 6 rings (SSSR count). The first-order valence-electron chi connectivity index (χ1n) is 12.3. The minimum atomic E-state index is -5.64. The van der Waals surface area contributed by atoms with Gasteiger partial charge in [0.1, 0.15) is 5.75 Å². The third-order valence-electron chi connectivity index (χ3n) is 6.82. The quantitative estimate of drug-likeness (QED) is 0.127. The van der Waals surface area contributed by atoms with Crippen LogP contribution in [0.15, 0.2) is 108 Å². The molecule has 0 radical (unpaired) electrons. The fraction of sp³-hybridized carbons (Fsp3) is 0. The second-order valence-corrected chi connectivity index (χ2v) is 10.6. The van der Waals surface area contributed by atoms with Gasteiger partial charge in [-0.1, -0.05) is 103 Å². The molecule has 0 fully saturated rings. The van der Waals surface area contributed by atoms with Gasteiger partial charge >= 0.3 is 10.1 Å². The van der Waals surface area contributed by atoms with Gasteiger partial charge in [-0.25, -0.2) is 8.78 Å². The Morgan fingerprint density at radius 1 is 0.488 bits per heavy atom. The van der Waals surface area contributed by atoms with Crippen molar-refractivity contribution in [3.05, 3.63) is 126 Å². The third-order valence-corrected chi connectivity index (χ3v) is 7.69. The Labute approximate surface area is 231 Å². The van der Waals surface area contributed by atoms with Gasteiger partial charge in [-0.3, -0.25) is 4.55 Å². The molecule has 1 N–H and O–H groups in total. The maximum atomic E-state index is 15.2. The predicted molar refractivity (Wildman–Crippen MR) is 148 cm³/mol. The van der Waals surface area contributed by atoms with Gasteiger partial charge in [-0.2, -0.15) is 17.2 Å². The second-order valence-electron chi connectivity index (χ2n) is 9.23. The van der Waals surface area contributed by atoms with Crippen LogP contribution in [-0.4, -0.2) is 13.0 Å². The molecule has 6 aromatic rings. The lowest BCUT2D eigenvalue weighted by atomic mass is 9.92. The van der Waals surface area contributed by atoms with Gasteiger partial charge in [0.25, 0.3) is 0 Å². The zero-order chi connectivity index (χ0) is 28.9. The summed E-state index contributed by atoms with van der Waals surface area (Å²) < 4.78 is 97.8. The number of hydrogen-bond donors (Lipinski definition) is 1. The molecule has 204 valence electrons. The second kappa shape index (κ2) is 10.0. The number of rotatable bonds is 5. The van der Waals surface area contributed by atoms with Crippen LogP contribution >= 0.6 is 0 Å². The number of halogens is 4. The molecule has 41 heavy (non-hydrogen) atoms. The summed E-state index contributed by atoms with van der Waals surface area (Å²) in [6.45, 7) is 0. The van der Waals surface area contributed by atoms with Gasteiger partial charge in [-0.15, -0.1) is 0 Å². The molecule has 0 aliphatic rings. The topological polar surface area (TPSA) is 63.6 Å². The molecule has 6 aromatic carbocycles. The fourth-order valence-corrected chi connectivity index (χ4v) is 5.63. The minimum absolute atomic E-state index is 0.128. The van der Waals surface area contributed by atoms with Gasteiger partial charge < -0.3 is 4.74 Å². The fourth-order valence-electron chi connectivity index (χ4n) is 5.00. The van der Waals surface area contributed by atoms with Gasteiger partial charge in [0, 0.05) is 11.1 Å². The van der Waals surface area contributed by atoms with Crippen LogP contribution < -0.4 is 4.74 Å². The van der Waals surface area contributed by atoms with E-state index in [9.17, 15) is 21.8 Å². The lowest BCUT2D eigenvalue weighted by molar-refractivity contribution is 0.348. The van der Waals surface area contributed by atoms with Crippen molar-refractivity contribution in [1.82, 2.24) is 0 Å². The highest BCUT2D eigenvalue weighted by Gasteiger charge is 2.34. The summed E-state index contributed by atoms with van der Waals surface area (Å²) in [6.07, 6.45) is 0. The molecule has 0 aliphatic heterocycles. The van der Waals surface area contributed by atoms with E-state index in [0.29, 0.717) is 22.3 Å². The van der Waals surface area contributed by atoms with E-state index >= 15 is 8.78 Å². The minimum Gasteiger partial charge on any atom is -0.450 e. The van der Waals surface area contributed by atoms with Crippen molar-refractivity contribution in [1.29, 1.82) is 0 Å². The first-order valence-corrected chi connectivity index (χ1v) is 13.7. The molecule has 0 bridgehead atoms. The number of benzene rings is 6. The molecule has 0 heterocycles. The molecule has 9 heteroatoms. The van der Waals surface area contributed by atoms with Gasteiger partial charge in [0.15, 0.2) is 16.5 Å². The summed E-state index contributed by atoms with van der Waals surface area (Å²) >= 11 is 0. The molecular weight excluding hydrogens is 556 g/mol. The zero-order valence-corrected chi connectivity index (χ0v) is 21.7. The molecular formula is C32H18F4O4S. The van der Waals surface area contributed by atoms with Crippen molar-refractivity contribution < 1.29 is 35.3 Å². The van der Waals surface area contributed by atoms with Crippen molar-refractivity contribution in [2.75, 3.05) is 0 Å². The Morgan fingerprint density at radius 3 is 1.34 bits per heavy atom. The molecule has 0 atom stereocenters. The summed E-state index contributed by atoms with van der Waals surface area (Å²) in [6, 6.07) is 30.7. The van der Waals surface area contributed by atoms with Crippen LogP contribution in [0.3, 0.4) is 0 Å². The average molecular weight is 575 g/mol. The monoisotopic (exact) mass is 574 g/mol. The number of ether oxygens (including phenoxy) is 1. The summed E-state index contributed by atoms with van der Waals surface area (Å²) in [5.41, 5.74) is 1.92. The maximum absolute atomic E-state index is 15.2. The summed E-state index contributed by atoms with van der Waals surface area (Å²) in [7, 11) is -5.64. The van der Waals surface area contributed by atoms with Crippen LogP contribution in [0.5, 0.6) is 11.5 Å². The zero-order valence-electron chi connectivity index (χ0n) is 20.9. The van der Waals surface area contributed by atoms with Crippen molar-refractivity contribution in [3.63, 3.8) is 0 Å². The van der Waals surface area contributed by atoms with Crippen LogP contribution in [0.1, 0.15) is 0 Å². The van der Waals surface area contributed by atoms with Crippen LogP contribution in [0, 0.1) is 23.3 Å². The van der Waals surface area contributed by atoms with Crippen LogP contribution in [0.25, 0.3) is 43.8 Å². The Balaban J connectivity index is 1.69. The molecule has 0 aromatic heterocycles. The Hall–Kier alpha value is -4.73. The van der Waals surface area contributed by atoms with Crippen molar-refractivity contribution in [2.45, 2.75) is 4.90 Å². The molecule has 0 amide bonds. The van der Waals surface area contributed by atoms with Crippen molar-refractivity contribution in [2.24, 2.45) is 0 Å². The Morgan fingerprint density at radius 2 is 0.878 bits per heavy atom. The van der Waals surface area contributed by atoms with Crippen LogP contribution in [0.2, 0.25) is 0 Å². The van der Waals surface area contributed by atoms with E-state index in [1.54, 1.807) is 42.5 Å². The summed E-state index contributed by atoms with van der Waals surface area (Å²) in [4.78, 5) is -2.14. The standard InChI is InChI=1S/C32H18F4O4S/c33-26-28(35)32(41(37,38)39)29(36)27(34)31(26)40-30-24(22-14-5-10-18-8-1-3-12-20(18)22)16-7-17-25(30)23-15-6-11-19-9-2-4-13-21(19)23/h1-17H,(H,37,38,39). The molecule has 0 aliphatic carbocycles. The predicted octanol–water partition coefficient (Wildman–Crippen LogP) is 8.92. The highest BCUT2D eigenvalue weighted by molar-refractivity contribution is 7.85. The molecule has 4 nitrogen and oxygen atoms in total. The largest absolute Gasteiger partial charge is 0.450 e. The lowest BCUT2D eigenvalue weighted by Crippen LogP contribution is -2.11. The van der Waals surface area contributed by atoms with E-state index in [1.165, 1.54) is 0 Å². The average Bonchev–Trinajstić information content (AvgIpc) is 2.97.